The normalized spacial score (nSPS) is 31.8. The molecular weight excluding hydrogens is 267 g/mol. The summed E-state index contributed by atoms with van der Waals surface area (Å²) in [5.74, 6) is 0.313. The van der Waals surface area contributed by atoms with E-state index < -0.39 is 17.8 Å². The number of quaternary nitrogens is 1. The molecule has 4 rings (SSSR count). The first-order valence-electron chi connectivity index (χ1n) is 6.87. The Balaban J connectivity index is 1.85. The van der Waals surface area contributed by atoms with E-state index in [0.717, 1.165) is 43.8 Å². The molecule has 1 atom stereocenters. The Bertz CT molecular complexity index is 509. The molecule has 1 aromatic rings. The zero-order valence-electron chi connectivity index (χ0n) is 11.0. The zero-order valence-corrected chi connectivity index (χ0v) is 11.0. The summed E-state index contributed by atoms with van der Waals surface area (Å²) in [7, 11) is 0. The van der Waals surface area contributed by atoms with Crippen molar-refractivity contribution in [3.05, 3.63) is 41.1 Å². The summed E-state index contributed by atoms with van der Waals surface area (Å²) < 4.78 is 37.5. The lowest BCUT2D eigenvalue weighted by atomic mass is 9.83. The van der Waals surface area contributed by atoms with Crippen LogP contribution in [-0.4, -0.2) is 24.3 Å². The van der Waals surface area contributed by atoms with Gasteiger partial charge in [-0.15, -0.1) is 0 Å². The fourth-order valence-electron chi connectivity index (χ4n) is 3.19. The summed E-state index contributed by atoms with van der Waals surface area (Å²) >= 11 is 0. The third-order valence-electron chi connectivity index (χ3n) is 4.37. The molecule has 2 N–H and O–H groups in total. The second-order valence-electron chi connectivity index (χ2n) is 5.61. The zero-order chi connectivity index (χ0) is 14.3. The summed E-state index contributed by atoms with van der Waals surface area (Å²) in [5.41, 5.74) is 0.998. The van der Waals surface area contributed by atoms with E-state index in [2.05, 4.69) is 0 Å². The van der Waals surface area contributed by atoms with Crippen LogP contribution in [0.3, 0.4) is 0 Å². The van der Waals surface area contributed by atoms with Crippen molar-refractivity contribution in [2.24, 2.45) is 5.92 Å². The van der Waals surface area contributed by atoms with Crippen LogP contribution in [0.1, 0.15) is 24.0 Å². The van der Waals surface area contributed by atoms with Crippen LogP contribution in [0, 0.1) is 5.92 Å². The van der Waals surface area contributed by atoms with Gasteiger partial charge in [-0.3, -0.25) is 0 Å². The predicted molar refractivity (Wildman–Crippen MR) is 68.8 cm³/mol. The first kappa shape index (κ1) is 13.6. The van der Waals surface area contributed by atoms with Crippen LogP contribution < -0.4 is 4.90 Å². The molecule has 0 aromatic heterocycles. The van der Waals surface area contributed by atoms with Crippen molar-refractivity contribution in [2.45, 2.75) is 25.1 Å². The van der Waals surface area contributed by atoms with Crippen molar-refractivity contribution in [3.8, 4) is 0 Å². The van der Waals surface area contributed by atoms with Crippen molar-refractivity contribution in [1.82, 2.24) is 0 Å². The van der Waals surface area contributed by atoms with Crippen LogP contribution in [0.4, 0.5) is 13.2 Å². The van der Waals surface area contributed by atoms with Gasteiger partial charge in [0.25, 0.3) is 0 Å². The van der Waals surface area contributed by atoms with E-state index in [9.17, 15) is 18.3 Å². The molecule has 3 fully saturated rings. The van der Waals surface area contributed by atoms with Crippen molar-refractivity contribution in [2.75, 3.05) is 13.1 Å². The lowest BCUT2D eigenvalue weighted by Gasteiger charge is -2.41. The van der Waals surface area contributed by atoms with Crippen LogP contribution in [0.2, 0.25) is 0 Å². The van der Waals surface area contributed by atoms with Gasteiger partial charge in [-0.1, -0.05) is 12.1 Å². The van der Waals surface area contributed by atoms with Gasteiger partial charge < -0.3 is 10.0 Å². The number of hydrogen-bond donors (Lipinski definition) is 2. The Kier molecular flexibility index (Phi) is 3.34. The van der Waals surface area contributed by atoms with E-state index in [-0.39, 0.29) is 0 Å². The maximum atomic E-state index is 12.5. The highest BCUT2D eigenvalue weighted by molar-refractivity contribution is 5.52. The van der Waals surface area contributed by atoms with Crippen molar-refractivity contribution < 1.29 is 23.2 Å². The molecular formula is C15H17F3NO+. The topological polar surface area (TPSA) is 24.7 Å². The summed E-state index contributed by atoms with van der Waals surface area (Å²) in [6.07, 6.45) is -0.855. The smallest absolute Gasteiger partial charge is 0.383 e. The lowest BCUT2D eigenvalue weighted by Crippen LogP contribution is -3.14. The molecule has 3 saturated heterocycles. The molecule has 20 heavy (non-hydrogen) atoms. The number of benzene rings is 1. The van der Waals surface area contributed by atoms with Gasteiger partial charge in [0.05, 0.1) is 18.7 Å². The Morgan fingerprint density at radius 2 is 1.70 bits per heavy atom. The Labute approximate surface area is 115 Å². The fourth-order valence-corrected chi connectivity index (χ4v) is 3.19. The van der Waals surface area contributed by atoms with E-state index in [1.54, 1.807) is 0 Å². The number of nitrogens with one attached hydrogen (secondary N) is 1. The molecule has 1 aromatic carbocycles. The highest BCUT2D eigenvalue weighted by Gasteiger charge is 2.41. The molecule has 2 nitrogen and oxygen atoms in total. The standard InChI is InChI=1S/C15H16F3NO/c16-15(17,18)12-3-1-10(2-4-12)9-13-14(20)11-5-7-19(13)8-6-11/h1-4,9,11,14,20H,5-8H2/p+1/b13-9-/t14-/m0/s1. The van der Waals surface area contributed by atoms with Crippen LogP contribution in [0.25, 0.3) is 6.08 Å². The number of halogens is 3. The molecule has 0 aliphatic carbocycles. The maximum absolute atomic E-state index is 12.5. The molecule has 5 heteroatoms. The summed E-state index contributed by atoms with van der Waals surface area (Å²) in [5, 5.41) is 10.2. The summed E-state index contributed by atoms with van der Waals surface area (Å²) in [4.78, 5) is 1.26. The van der Waals surface area contributed by atoms with Crippen LogP contribution in [0.5, 0.6) is 0 Å². The second kappa shape index (κ2) is 4.90. The molecule has 0 saturated carbocycles. The number of aliphatic hydroxyl groups is 1. The monoisotopic (exact) mass is 284 g/mol. The molecule has 0 radical (unpaired) electrons. The fraction of sp³-hybridized carbons (Fsp3) is 0.467. The summed E-state index contributed by atoms with van der Waals surface area (Å²) in [6.45, 7) is 2.02. The molecule has 0 amide bonds. The minimum atomic E-state index is -4.30. The molecule has 2 bridgehead atoms. The van der Waals surface area contributed by atoms with E-state index in [1.165, 1.54) is 17.0 Å². The van der Waals surface area contributed by atoms with Gasteiger partial charge in [0, 0.05) is 24.8 Å². The first-order chi connectivity index (χ1) is 9.45. The minimum absolute atomic E-state index is 0.313. The Morgan fingerprint density at radius 3 is 2.20 bits per heavy atom. The van der Waals surface area contributed by atoms with Gasteiger partial charge >= 0.3 is 6.18 Å². The first-order valence-corrected chi connectivity index (χ1v) is 6.87. The number of rotatable bonds is 1. The largest absolute Gasteiger partial charge is 0.416 e. The molecule has 3 aliphatic heterocycles. The van der Waals surface area contributed by atoms with Gasteiger partial charge in [0.1, 0.15) is 11.8 Å². The van der Waals surface area contributed by atoms with E-state index >= 15 is 0 Å². The predicted octanol–water partition coefficient (Wildman–Crippen LogP) is 1.72. The number of aliphatic hydroxyl groups excluding tert-OH is 1. The highest BCUT2D eigenvalue weighted by atomic mass is 19.4. The number of hydrogen-bond acceptors (Lipinski definition) is 1. The van der Waals surface area contributed by atoms with Crippen molar-refractivity contribution >= 4 is 6.08 Å². The average molecular weight is 284 g/mol. The molecule has 0 unspecified atom stereocenters. The van der Waals surface area contributed by atoms with Crippen LogP contribution in [-0.2, 0) is 6.18 Å². The number of alkyl halides is 3. The van der Waals surface area contributed by atoms with E-state index in [0.29, 0.717) is 11.5 Å². The average Bonchev–Trinajstić information content (AvgIpc) is 2.43. The van der Waals surface area contributed by atoms with Crippen molar-refractivity contribution in [3.63, 3.8) is 0 Å². The maximum Gasteiger partial charge on any atom is 0.416 e. The third-order valence-corrected chi connectivity index (χ3v) is 4.37. The highest BCUT2D eigenvalue weighted by Crippen LogP contribution is 2.30. The van der Waals surface area contributed by atoms with Gasteiger partial charge in [-0.25, -0.2) is 0 Å². The SMILES string of the molecule is O[C@@H]1/C(=C/c2ccc(C(F)(F)F)cc2)[NH+]2CCC1CC2. The van der Waals surface area contributed by atoms with E-state index in [1.807, 2.05) is 6.08 Å². The Morgan fingerprint density at radius 1 is 1.10 bits per heavy atom. The van der Waals surface area contributed by atoms with Gasteiger partial charge in [0.2, 0.25) is 0 Å². The Hall–Kier alpha value is -1.33. The molecule has 3 heterocycles. The van der Waals surface area contributed by atoms with Gasteiger partial charge in [0.15, 0.2) is 0 Å². The second-order valence-corrected chi connectivity index (χ2v) is 5.61. The molecule has 0 spiro atoms. The summed E-state index contributed by atoms with van der Waals surface area (Å²) in [6, 6.07) is 5.10. The number of fused-ring (bicyclic) bond motifs is 3. The third kappa shape index (κ3) is 2.47. The van der Waals surface area contributed by atoms with Crippen LogP contribution >= 0.6 is 0 Å². The minimum Gasteiger partial charge on any atom is -0.383 e. The van der Waals surface area contributed by atoms with Gasteiger partial charge in [-0.05, 0) is 17.7 Å². The lowest BCUT2D eigenvalue weighted by molar-refractivity contribution is -0.880. The molecule has 3 aliphatic rings. The van der Waals surface area contributed by atoms with Crippen molar-refractivity contribution in [1.29, 1.82) is 0 Å². The number of piperidine rings is 3. The van der Waals surface area contributed by atoms with Crippen LogP contribution in [0.15, 0.2) is 30.0 Å². The quantitative estimate of drug-likeness (QED) is 0.806. The van der Waals surface area contributed by atoms with Gasteiger partial charge in [-0.2, -0.15) is 13.2 Å². The van der Waals surface area contributed by atoms with E-state index in [4.69, 9.17) is 0 Å². The molecule has 108 valence electrons.